The molecular formula is C19H17Cl2NO3. The Bertz CT molecular complexity index is 799. The molecule has 6 heteroatoms. The monoisotopic (exact) mass is 377 g/mol. The minimum Gasteiger partial charge on any atom is -0.459 e. The maximum absolute atomic E-state index is 12.0. The van der Waals surface area contributed by atoms with Crippen molar-refractivity contribution in [3.8, 4) is 0 Å². The van der Waals surface area contributed by atoms with Crippen molar-refractivity contribution in [1.29, 1.82) is 0 Å². The summed E-state index contributed by atoms with van der Waals surface area (Å²) in [5.41, 5.74) is 1.76. The van der Waals surface area contributed by atoms with Gasteiger partial charge < -0.3 is 10.1 Å². The Hall–Kier alpha value is -2.30. The van der Waals surface area contributed by atoms with Crippen LogP contribution in [0.3, 0.4) is 0 Å². The zero-order valence-electron chi connectivity index (χ0n) is 13.8. The fraction of sp³-hybridized carbons (Fsp3) is 0.158. The minimum atomic E-state index is -0.396. The van der Waals surface area contributed by atoms with Crippen LogP contribution in [-0.4, -0.2) is 18.0 Å². The van der Waals surface area contributed by atoms with Crippen LogP contribution >= 0.6 is 23.2 Å². The predicted molar refractivity (Wildman–Crippen MR) is 101 cm³/mol. The molecule has 0 aliphatic heterocycles. The molecule has 0 unspecified atom stereocenters. The van der Waals surface area contributed by atoms with Crippen LogP contribution in [0.2, 0.25) is 10.0 Å². The quantitative estimate of drug-likeness (QED) is 0.574. The molecule has 0 fully saturated rings. The average Bonchev–Trinajstić information content (AvgIpc) is 2.56. The molecule has 2 aromatic carbocycles. The van der Waals surface area contributed by atoms with Crippen LogP contribution in [0.1, 0.15) is 29.8 Å². The lowest BCUT2D eigenvalue weighted by molar-refractivity contribution is -0.111. The lowest BCUT2D eigenvalue weighted by Crippen LogP contribution is -2.12. The third kappa shape index (κ3) is 5.93. The maximum Gasteiger partial charge on any atom is 0.338 e. The first kappa shape index (κ1) is 19.0. The zero-order chi connectivity index (χ0) is 18.4. The van der Waals surface area contributed by atoms with Gasteiger partial charge in [0.15, 0.2) is 0 Å². The fourth-order valence-electron chi connectivity index (χ4n) is 1.94. The number of carbonyl (C=O) groups excluding carboxylic acids is 2. The number of rotatable bonds is 5. The fourth-order valence-corrected chi connectivity index (χ4v) is 2.25. The standard InChI is InChI=1S/C19H17Cl2NO3/c1-12(2)25-19(24)14-5-7-15(8-6-14)22-18(23)10-4-13-3-9-16(20)17(21)11-13/h3-12H,1-2H3,(H,22,23)/b10-4+. The summed E-state index contributed by atoms with van der Waals surface area (Å²) in [5.74, 6) is -0.698. The predicted octanol–water partition coefficient (Wildman–Crippen LogP) is 5.21. The van der Waals surface area contributed by atoms with E-state index in [1.165, 1.54) is 6.08 Å². The van der Waals surface area contributed by atoms with E-state index in [1.807, 2.05) is 0 Å². The molecule has 25 heavy (non-hydrogen) atoms. The van der Waals surface area contributed by atoms with E-state index >= 15 is 0 Å². The van der Waals surface area contributed by atoms with Crippen molar-refractivity contribution in [3.63, 3.8) is 0 Å². The van der Waals surface area contributed by atoms with Gasteiger partial charge in [0.1, 0.15) is 0 Å². The minimum absolute atomic E-state index is 0.182. The van der Waals surface area contributed by atoms with Crippen LogP contribution in [0.4, 0.5) is 5.69 Å². The molecule has 0 saturated carbocycles. The number of ether oxygens (including phenoxy) is 1. The van der Waals surface area contributed by atoms with Gasteiger partial charge in [0.2, 0.25) is 5.91 Å². The molecule has 0 bridgehead atoms. The topological polar surface area (TPSA) is 55.4 Å². The summed E-state index contributed by atoms with van der Waals surface area (Å²) in [6.45, 7) is 3.57. The molecule has 1 N–H and O–H groups in total. The van der Waals surface area contributed by atoms with Crippen molar-refractivity contribution < 1.29 is 14.3 Å². The third-order valence-electron chi connectivity index (χ3n) is 3.10. The van der Waals surface area contributed by atoms with E-state index in [4.69, 9.17) is 27.9 Å². The van der Waals surface area contributed by atoms with Gasteiger partial charge in [0, 0.05) is 11.8 Å². The van der Waals surface area contributed by atoms with Crippen LogP contribution in [0, 0.1) is 0 Å². The van der Waals surface area contributed by atoms with E-state index < -0.39 is 5.97 Å². The van der Waals surface area contributed by atoms with E-state index in [9.17, 15) is 9.59 Å². The number of anilines is 1. The number of amides is 1. The van der Waals surface area contributed by atoms with Crippen molar-refractivity contribution in [2.75, 3.05) is 5.32 Å². The van der Waals surface area contributed by atoms with Crippen molar-refractivity contribution >= 4 is 46.8 Å². The Labute approximate surface area is 156 Å². The molecule has 0 heterocycles. The van der Waals surface area contributed by atoms with E-state index in [2.05, 4.69) is 5.32 Å². The second kappa shape index (κ2) is 8.70. The lowest BCUT2D eigenvalue weighted by atomic mass is 10.2. The van der Waals surface area contributed by atoms with Crippen LogP contribution in [0.25, 0.3) is 6.08 Å². The van der Waals surface area contributed by atoms with Gasteiger partial charge in [0.05, 0.1) is 21.7 Å². The molecule has 2 aromatic rings. The average molecular weight is 378 g/mol. The van der Waals surface area contributed by atoms with Gasteiger partial charge >= 0.3 is 5.97 Å². The molecule has 0 atom stereocenters. The molecule has 0 aromatic heterocycles. The Morgan fingerprint density at radius 1 is 1.04 bits per heavy atom. The Morgan fingerprint density at radius 3 is 2.32 bits per heavy atom. The van der Waals surface area contributed by atoms with Gasteiger partial charge in [-0.1, -0.05) is 29.3 Å². The molecule has 2 rings (SSSR count). The van der Waals surface area contributed by atoms with Crippen molar-refractivity contribution in [2.24, 2.45) is 0 Å². The smallest absolute Gasteiger partial charge is 0.338 e. The number of nitrogens with one attached hydrogen (secondary N) is 1. The molecule has 4 nitrogen and oxygen atoms in total. The maximum atomic E-state index is 12.0. The molecule has 0 saturated heterocycles. The normalized spacial score (nSPS) is 10.9. The number of hydrogen-bond acceptors (Lipinski definition) is 3. The van der Waals surface area contributed by atoms with Crippen molar-refractivity contribution in [2.45, 2.75) is 20.0 Å². The first-order valence-electron chi connectivity index (χ1n) is 7.60. The lowest BCUT2D eigenvalue weighted by Gasteiger charge is -2.08. The van der Waals surface area contributed by atoms with E-state index in [0.717, 1.165) is 5.56 Å². The summed E-state index contributed by atoms with van der Waals surface area (Å²) in [4.78, 5) is 23.7. The molecule has 0 aliphatic rings. The second-order valence-corrected chi connectivity index (χ2v) is 6.34. The van der Waals surface area contributed by atoms with Gasteiger partial charge in [-0.15, -0.1) is 0 Å². The molecule has 0 spiro atoms. The zero-order valence-corrected chi connectivity index (χ0v) is 15.3. The Morgan fingerprint density at radius 2 is 1.72 bits per heavy atom. The van der Waals surface area contributed by atoms with Crippen LogP contribution in [-0.2, 0) is 9.53 Å². The summed E-state index contributed by atoms with van der Waals surface area (Å²) < 4.78 is 5.11. The van der Waals surface area contributed by atoms with E-state index in [1.54, 1.807) is 62.4 Å². The Kier molecular flexibility index (Phi) is 6.62. The van der Waals surface area contributed by atoms with Crippen LogP contribution < -0.4 is 5.32 Å². The molecular weight excluding hydrogens is 361 g/mol. The van der Waals surface area contributed by atoms with Gasteiger partial charge in [0.25, 0.3) is 0 Å². The summed E-state index contributed by atoms with van der Waals surface area (Å²) in [7, 11) is 0. The van der Waals surface area contributed by atoms with Gasteiger partial charge in [-0.05, 0) is 61.9 Å². The van der Waals surface area contributed by atoms with Gasteiger partial charge in [-0.3, -0.25) is 4.79 Å². The van der Waals surface area contributed by atoms with Crippen molar-refractivity contribution in [1.82, 2.24) is 0 Å². The van der Waals surface area contributed by atoms with Crippen LogP contribution in [0.5, 0.6) is 0 Å². The number of carbonyl (C=O) groups is 2. The molecule has 0 aliphatic carbocycles. The second-order valence-electron chi connectivity index (χ2n) is 5.53. The summed E-state index contributed by atoms with van der Waals surface area (Å²) in [5, 5.41) is 3.59. The largest absolute Gasteiger partial charge is 0.459 e. The highest BCUT2D eigenvalue weighted by Crippen LogP contribution is 2.23. The van der Waals surface area contributed by atoms with Crippen LogP contribution in [0.15, 0.2) is 48.5 Å². The van der Waals surface area contributed by atoms with Gasteiger partial charge in [-0.25, -0.2) is 4.79 Å². The highest BCUT2D eigenvalue weighted by atomic mass is 35.5. The van der Waals surface area contributed by atoms with E-state index in [-0.39, 0.29) is 12.0 Å². The summed E-state index contributed by atoms with van der Waals surface area (Å²) in [6.07, 6.45) is 2.84. The number of esters is 1. The van der Waals surface area contributed by atoms with Crippen molar-refractivity contribution in [3.05, 3.63) is 69.7 Å². The highest BCUT2D eigenvalue weighted by molar-refractivity contribution is 6.42. The SMILES string of the molecule is CC(C)OC(=O)c1ccc(NC(=O)/C=C/c2ccc(Cl)c(Cl)c2)cc1. The molecule has 1 amide bonds. The Balaban J connectivity index is 1.97. The molecule has 130 valence electrons. The summed E-state index contributed by atoms with van der Waals surface area (Å²) in [6, 6.07) is 11.6. The number of hydrogen-bond donors (Lipinski definition) is 1. The first-order chi connectivity index (χ1) is 11.8. The number of benzene rings is 2. The summed E-state index contributed by atoms with van der Waals surface area (Å²) >= 11 is 11.8. The molecule has 0 radical (unpaired) electrons. The number of halogens is 2. The van der Waals surface area contributed by atoms with Gasteiger partial charge in [-0.2, -0.15) is 0 Å². The first-order valence-corrected chi connectivity index (χ1v) is 8.36. The highest BCUT2D eigenvalue weighted by Gasteiger charge is 2.09. The van der Waals surface area contributed by atoms with E-state index in [0.29, 0.717) is 21.3 Å². The third-order valence-corrected chi connectivity index (χ3v) is 3.84.